The van der Waals surface area contributed by atoms with Crippen LogP contribution < -0.4 is 0 Å². The van der Waals surface area contributed by atoms with Crippen molar-refractivity contribution < 1.29 is 4.79 Å². The molecule has 3 aliphatic heterocycles. The lowest BCUT2D eigenvalue weighted by Crippen LogP contribution is -2.63. The quantitative estimate of drug-likeness (QED) is 0.752. The minimum absolute atomic E-state index is 0.0833. The first-order chi connectivity index (χ1) is 8.78. The molecule has 1 aromatic rings. The van der Waals surface area contributed by atoms with E-state index >= 15 is 0 Å². The van der Waals surface area contributed by atoms with E-state index in [9.17, 15) is 4.79 Å². The lowest BCUT2D eigenvalue weighted by atomic mass is 9.97. The Morgan fingerprint density at radius 1 is 1.17 bits per heavy atom. The molecule has 3 heteroatoms. The van der Waals surface area contributed by atoms with Crippen LogP contribution >= 0.6 is 0 Å². The van der Waals surface area contributed by atoms with Gasteiger partial charge >= 0.3 is 0 Å². The summed E-state index contributed by atoms with van der Waals surface area (Å²) in [6.45, 7) is 7.38. The molecule has 3 fully saturated rings. The van der Waals surface area contributed by atoms with Gasteiger partial charge in [0.05, 0.1) is 6.04 Å². The zero-order valence-corrected chi connectivity index (χ0v) is 10.9. The van der Waals surface area contributed by atoms with Crippen molar-refractivity contribution in [1.82, 2.24) is 9.80 Å². The standard InChI is InChI=1S/C15H20N2O/c1-2-12-3-5-13(6-4-12)15(18)14-11-16-7-9-17(14)10-8-16/h3-6,14H,2,7-11H2,1H3. The zero-order valence-electron chi connectivity index (χ0n) is 10.9. The molecule has 4 rings (SSSR count). The van der Waals surface area contributed by atoms with Gasteiger partial charge in [0.1, 0.15) is 0 Å². The van der Waals surface area contributed by atoms with Crippen molar-refractivity contribution in [1.29, 1.82) is 0 Å². The fraction of sp³-hybridized carbons (Fsp3) is 0.533. The molecule has 2 bridgehead atoms. The van der Waals surface area contributed by atoms with Gasteiger partial charge in [0.25, 0.3) is 0 Å². The van der Waals surface area contributed by atoms with Gasteiger partial charge < -0.3 is 0 Å². The summed E-state index contributed by atoms with van der Waals surface area (Å²) < 4.78 is 0. The third-order valence-electron chi connectivity index (χ3n) is 4.23. The number of piperazine rings is 3. The first-order valence-electron chi connectivity index (χ1n) is 6.87. The monoisotopic (exact) mass is 244 g/mol. The smallest absolute Gasteiger partial charge is 0.181 e. The van der Waals surface area contributed by atoms with Crippen molar-refractivity contribution in [3.05, 3.63) is 35.4 Å². The molecule has 0 spiro atoms. The van der Waals surface area contributed by atoms with Crippen LogP contribution in [0.5, 0.6) is 0 Å². The number of benzene rings is 1. The molecule has 0 N–H and O–H groups in total. The number of fused-ring (bicyclic) bond motifs is 3. The zero-order chi connectivity index (χ0) is 12.5. The highest BCUT2D eigenvalue weighted by molar-refractivity contribution is 6.00. The average molecular weight is 244 g/mol. The fourth-order valence-corrected chi connectivity index (χ4v) is 2.96. The number of ketones is 1. The van der Waals surface area contributed by atoms with Crippen LogP contribution in [0.1, 0.15) is 22.8 Å². The Morgan fingerprint density at radius 2 is 1.83 bits per heavy atom. The van der Waals surface area contributed by atoms with Crippen molar-refractivity contribution in [2.75, 3.05) is 32.7 Å². The van der Waals surface area contributed by atoms with E-state index in [-0.39, 0.29) is 6.04 Å². The summed E-state index contributed by atoms with van der Waals surface area (Å²) in [7, 11) is 0. The van der Waals surface area contributed by atoms with Crippen molar-refractivity contribution in [2.24, 2.45) is 0 Å². The minimum Gasteiger partial charge on any atom is -0.299 e. The Labute approximate surface area is 108 Å². The van der Waals surface area contributed by atoms with Gasteiger partial charge in [-0.1, -0.05) is 31.2 Å². The van der Waals surface area contributed by atoms with Gasteiger partial charge in [0.15, 0.2) is 5.78 Å². The molecule has 96 valence electrons. The molecule has 3 saturated heterocycles. The highest BCUT2D eigenvalue weighted by Gasteiger charge is 2.36. The molecule has 3 aliphatic rings. The number of rotatable bonds is 3. The van der Waals surface area contributed by atoms with E-state index in [1.807, 2.05) is 12.1 Å². The van der Waals surface area contributed by atoms with E-state index in [2.05, 4.69) is 28.9 Å². The number of carbonyl (C=O) groups is 1. The number of hydrogen-bond acceptors (Lipinski definition) is 3. The minimum atomic E-state index is 0.0833. The molecule has 3 heterocycles. The number of carbonyl (C=O) groups excluding carboxylic acids is 1. The Kier molecular flexibility index (Phi) is 3.18. The highest BCUT2D eigenvalue weighted by Crippen LogP contribution is 2.19. The third kappa shape index (κ3) is 2.08. The van der Waals surface area contributed by atoms with Crippen LogP contribution in [-0.4, -0.2) is 54.3 Å². The SMILES string of the molecule is CCc1ccc(C(=O)C2CN3CCN2CC3)cc1. The van der Waals surface area contributed by atoms with Gasteiger partial charge in [-0.2, -0.15) is 0 Å². The van der Waals surface area contributed by atoms with Gasteiger partial charge in [-0.15, -0.1) is 0 Å². The van der Waals surface area contributed by atoms with E-state index in [0.29, 0.717) is 5.78 Å². The summed E-state index contributed by atoms with van der Waals surface area (Å²) in [5.41, 5.74) is 2.16. The van der Waals surface area contributed by atoms with Crippen molar-refractivity contribution >= 4 is 5.78 Å². The molecular weight excluding hydrogens is 224 g/mol. The van der Waals surface area contributed by atoms with Crippen LogP contribution in [0.4, 0.5) is 0 Å². The molecule has 1 unspecified atom stereocenters. The molecular formula is C15H20N2O. The molecule has 3 nitrogen and oxygen atoms in total. The van der Waals surface area contributed by atoms with Gasteiger partial charge in [-0.05, 0) is 12.0 Å². The normalized spacial score (nSPS) is 30.4. The van der Waals surface area contributed by atoms with Gasteiger partial charge in [0.2, 0.25) is 0 Å². The lowest BCUT2D eigenvalue weighted by molar-refractivity contribution is 0.0159. The number of nitrogens with zero attached hydrogens (tertiary/aromatic N) is 2. The maximum Gasteiger partial charge on any atom is 0.181 e. The van der Waals surface area contributed by atoms with E-state index in [1.165, 1.54) is 5.56 Å². The van der Waals surface area contributed by atoms with E-state index < -0.39 is 0 Å². The lowest BCUT2D eigenvalue weighted by Gasteiger charge is -2.46. The second-order valence-corrected chi connectivity index (χ2v) is 5.27. The van der Waals surface area contributed by atoms with E-state index in [0.717, 1.165) is 44.7 Å². The van der Waals surface area contributed by atoms with Crippen molar-refractivity contribution in [3.8, 4) is 0 Å². The second-order valence-electron chi connectivity index (χ2n) is 5.27. The van der Waals surface area contributed by atoms with Crippen molar-refractivity contribution in [3.63, 3.8) is 0 Å². The molecule has 0 aliphatic carbocycles. The van der Waals surface area contributed by atoms with E-state index in [4.69, 9.17) is 0 Å². The molecule has 1 aromatic carbocycles. The second kappa shape index (κ2) is 4.82. The first-order valence-corrected chi connectivity index (χ1v) is 6.87. The summed E-state index contributed by atoms with van der Waals surface area (Å²) in [5.74, 6) is 0.294. The van der Waals surface area contributed by atoms with Crippen LogP contribution in [0.3, 0.4) is 0 Å². The topological polar surface area (TPSA) is 23.6 Å². The Balaban J connectivity index is 1.77. The number of hydrogen-bond donors (Lipinski definition) is 0. The Bertz CT molecular complexity index is 432. The average Bonchev–Trinajstić information content (AvgIpc) is 2.48. The Hall–Kier alpha value is -1.19. The Morgan fingerprint density at radius 3 is 2.33 bits per heavy atom. The predicted octanol–water partition coefficient (Wildman–Crippen LogP) is 1.43. The maximum atomic E-state index is 12.5. The van der Waals surface area contributed by atoms with Gasteiger partial charge in [-0.3, -0.25) is 14.6 Å². The van der Waals surface area contributed by atoms with Crippen LogP contribution in [0.25, 0.3) is 0 Å². The van der Waals surface area contributed by atoms with Crippen LogP contribution in [0.15, 0.2) is 24.3 Å². The largest absolute Gasteiger partial charge is 0.299 e. The summed E-state index contributed by atoms with van der Waals surface area (Å²) in [5, 5.41) is 0. The molecule has 0 radical (unpaired) electrons. The third-order valence-corrected chi connectivity index (χ3v) is 4.23. The maximum absolute atomic E-state index is 12.5. The van der Waals surface area contributed by atoms with Crippen LogP contribution in [-0.2, 0) is 6.42 Å². The van der Waals surface area contributed by atoms with Crippen LogP contribution in [0.2, 0.25) is 0 Å². The summed E-state index contributed by atoms with van der Waals surface area (Å²) in [6, 6.07) is 8.20. The summed E-state index contributed by atoms with van der Waals surface area (Å²) in [4.78, 5) is 17.3. The molecule has 0 aromatic heterocycles. The summed E-state index contributed by atoms with van der Waals surface area (Å²) in [6.07, 6.45) is 1.03. The predicted molar refractivity (Wildman–Crippen MR) is 72.0 cm³/mol. The fourth-order valence-electron chi connectivity index (χ4n) is 2.96. The van der Waals surface area contributed by atoms with Crippen LogP contribution in [0, 0.1) is 0 Å². The molecule has 18 heavy (non-hydrogen) atoms. The molecule has 1 atom stereocenters. The summed E-state index contributed by atoms with van der Waals surface area (Å²) >= 11 is 0. The van der Waals surface area contributed by atoms with Gasteiger partial charge in [0, 0.05) is 38.3 Å². The number of aryl methyl sites for hydroxylation is 1. The molecule has 0 saturated carbocycles. The number of Topliss-reactive ketones (excluding diaryl/α,β-unsaturated/α-hetero) is 1. The first kappa shape index (κ1) is 11.9. The van der Waals surface area contributed by atoms with Crippen molar-refractivity contribution in [2.45, 2.75) is 19.4 Å². The molecule has 0 amide bonds. The highest BCUT2D eigenvalue weighted by atomic mass is 16.1. The van der Waals surface area contributed by atoms with Gasteiger partial charge in [-0.25, -0.2) is 0 Å². The van der Waals surface area contributed by atoms with E-state index in [1.54, 1.807) is 0 Å².